The minimum Gasteiger partial charge on any atom is -0.469 e. The molecule has 0 amide bonds. The van der Waals surface area contributed by atoms with Gasteiger partial charge in [-0.05, 0) is 42.3 Å². The zero-order valence-corrected chi connectivity index (χ0v) is 22.5. The number of hydrogen-bond acceptors (Lipinski definition) is 6. The van der Waals surface area contributed by atoms with Crippen molar-refractivity contribution < 1.29 is 23.3 Å². The molecule has 1 aromatic carbocycles. The summed E-state index contributed by atoms with van der Waals surface area (Å²) in [5.74, 6) is 1.24. The molecule has 1 rings (SSSR count). The van der Waals surface area contributed by atoms with E-state index in [1.807, 2.05) is 6.66 Å². The third kappa shape index (κ3) is 10.6. The summed E-state index contributed by atoms with van der Waals surface area (Å²) < 4.78 is 22.5. The Morgan fingerprint density at radius 2 is 1.78 bits per heavy atom. The van der Waals surface area contributed by atoms with Crippen LogP contribution in [0.1, 0.15) is 57.7 Å². The topological polar surface area (TPSA) is 57.2 Å². The Kier molecular flexibility index (Phi) is 12.7. The van der Waals surface area contributed by atoms with Crippen LogP contribution in [0.5, 0.6) is 5.75 Å². The van der Waals surface area contributed by atoms with Crippen molar-refractivity contribution in [3.8, 4) is 5.75 Å². The first-order valence-electron chi connectivity index (χ1n) is 11.4. The monoisotopic (exact) mass is 469 g/mol. The maximum absolute atomic E-state index is 11.7. The van der Waals surface area contributed by atoms with Crippen molar-refractivity contribution in [2.75, 3.05) is 54.2 Å². The highest BCUT2D eigenvalue weighted by Crippen LogP contribution is 2.44. The molecule has 0 aliphatic rings. The summed E-state index contributed by atoms with van der Waals surface area (Å²) in [6.45, 7) is 16.1. The highest BCUT2D eigenvalue weighted by atomic mass is 31.2. The number of aryl methyl sites for hydroxylation is 1. The number of likely N-dealkylation sites (N-methyl/N-ethyl adjacent to an activating group) is 1. The van der Waals surface area contributed by atoms with Gasteiger partial charge in [-0.1, -0.05) is 46.8 Å². The van der Waals surface area contributed by atoms with Gasteiger partial charge in [0.25, 0.3) is 0 Å². The van der Waals surface area contributed by atoms with Crippen LogP contribution in [0.15, 0.2) is 12.1 Å². The quantitative estimate of drug-likeness (QED) is 0.276. The number of carbonyl (C=O) groups excluding carboxylic acids is 1. The molecule has 0 heterocycles. The Morgan fingerprint density at radius 1 is 1.12 bits per heavy atom. The number of ether oxygens (including phenoxy) is 2. The Balaban J connectivity index is 3.06. The van der Waals surface area contributed by atoms with Gasteiger partial charge in [-0.25, -0.2) is 0 Å². The molecule has 0 radical (unpaired) electrons. The van der Waals surface area contributed by atoms with Crippen molar-refractivity contribution >= 4 is 14.3 Å². The van der Waals surface area contributed by atoms with Crippen LogP contribution in [-0.2, 0) is 37.0 Å². The Bertz CT molecular complexity index is 702. The van der Waals surface area contributed by atoms with Crippen LogP contribution in [-0.4, -0.2) is 65.1 Å². The van der Waals surface area contributed by atoms with Crippen LogP contribution < -0.4 is 4.52 Å². The molecule has 0 aliphatic heterocycles. The molecule has 0 bridgehead atoms. The van der Waals surface area contributed by atoms with Crippen molar-refractivity contribution in [1.29, 1.82) is 0 Å². The van der Waals surface area contributed by atoms with E-state index in [0.29, 0.717) is 32.0 Å². The fourth-order valence-corrected chi connectivity index (χ4v) is 4.21. The third-order valence-corrected chi connectivity index (χ3v) is 6.14. The van der Waals surface area contributed by atoms with Crippen LogP contribution in [0.2, 0.25) is 0 Å². The van der Waals surface area contributed by atoms with E-state index in [9.17, 15) is 4.79 Å². The summed E-state index contributed by atoms with van der Waals surface area (Å²) in [6, 6.07) is 4.37. The molecule has 0 N–H and O–H groups in total. The molecule has 0 saturated carbocycles. The maximum atomic E-state index is 11.7. The highest BCUT2D eigenvalue weighted by molar-refractivity contribution is 7.46. The summed E-state index contributed by atoms with van der Waals surface area (Å²) in [5, 5.41) is 0. The molecule has 7 heteroatoms. The Labute approximate surface area is 196 Å². The largest absolute Gasteiger partial charge is 0.469 e. The van der Waals surface area contributed by atoms with E-state index < -0.39 is 8.38 Å². The van der Waals surface area contributed by atoms with Crippen molar-refractivity contribution in [3.63, 3.8) is 0 Å². The van der Waals surface area contributed by atoms with E-state index in [-0.39, 0.29) is 11.4 Å². The Morgan fingerprint density at radius 3 is 2.34 bits per heavy atom. The third-order valence-electron chi connectivity index (χ3n) is 5.15. The number of methoxy groups -OCH3 is 2. The first-order valence-corrected chi connectivity index (χ1v) is 13.1. The second-order valence-electron chi connectivity index (χ2n) is 9.72. The van der Waals surface area contributed by atoms with Crippen molar-refractivity contribution in [2.45, 2.75) is 59.3 Å². The minimum absolute atomic E-state index is 0.0983. The molecule has 184 valence electrons. The van der Waals surface area contributed by atoms with E-state index in [2.05, 4.69) is 58.7 Å². The molecular formula is C25H44NO5P. The predicted molar refractivity (Wildman–Crippen MR) is 133 cm³/mol. The second-order valence-corrected chi connectivity index (χ2v) is 11.0. The van der Waals surface area contributed by atoms with Crippen LogP contribution in [0, 0.1) is 5.92 Å². The average Bonchev–Trinajstić information content (AvgIpc) is 2.70. The normalized spacial score (nSPS) is 13.0. The van der Waals surface area contributed by atoms with Gasteiger partial charge in [0.05, 0.1) is 20.3 Å². The van der Waals surface area contributed by atoms with Crippen LogP contribution in [0.3, 0.4) is 0 Å². The van der Waals surface area contributed by atoms with Crippen molar-refractivity contribution in [1.82, 2.24) is 4.90 Å². The molecule has 0 spiro atoms. The van der Waals surface area contributed by atoms with Crippen molar-refractivity contribution in [3.05, 3.63) is 28.8 Å². The van der Waals surface area contributed by atoms with E-state index in [4.69, 9.17) is 18.5 Å². The summed E-state index contributed by atoms with van der Waals surface area (Å²) in [6.07, 6.45) is 1.95. The number of benzene rings is 1. The molecule has 0 aromatic heterocycles. The summed E-state index contributed by atoms with van der Waals surface area (Å²) in [7, 11) is 4.14. The average molecular weight is 470 g/mol. The number of hydrogen-bond donors (Lipinski definition) is 0. The van der Waals surface area contributed by atoms with Gasteiger partial charge >= 0.3 is 5.97 Å². The molecule has 32 heavy (non-hydrogen) atoms. The number of esters is 1. The minimum atomic E-state index is -1.07. The van der Waals surface area contributed by atoms with Crippen molar-refractivity contribution in [2.24, 2.45) is 5.92 Å². The summed E-state index contributed by atoms with van der Waals surface area (Å²) in [4.78, 5) is 13.9. The van der Waals surface area contributed by atoms with Crippen LogP contribution >= 0.6 is 8.38 Å². The highest BCUT2D eigenvalue weighted by Gasteiger charge is 2.25. The number of rotatable bonds is 14. The number of carbonyl (C=O) groups is 1. The molecule has 1 unspecified atom stereocenters. The van der Waals surface area contributed by atoms with Gasteiger partial charge in [0.1, 0.15) is 5.75 Å². The lowest BCUT2D eigenvalue weighted by atomic mass is 9.82. The van der Waals surface area contributed by atoms with E-state index in [1.54, 1.807) is 7.11 Å². The zero-order valence-electron chi connectivity index (χ0n) is 21.6. The molecule has 0 fully saturated rings. The molecule has 0 saturated heterocycles. The maximum Gasteiger partial charge on any atom is 0.305 e. The van der Waals surface area contributed by atoms with Gasteiger partial charge in [-0.2, -0.15) is 0 Å². The van der Waals surface area contributed by atoms with Gasteiger partial charge < -0.3 is 23.4 Å². The second kappa shape index (κ2) is 14.1. The lowest BCUT2D eigenvalue weighted by Crippen LogP contribution is -2.26. The zero-order chi connectivity index (χ0) is 24.3. The standard InChI is InChI=1S/C25H44NO5P/c1-19(2)16-21-17-20(10-11-23(27)29-8)18-22(25(3,4)5)24(21)31-32(9)30-15-13-26(6)12-14-28-7/h17-19H,10-16H2,1-9H3. The predicted octanol–water partition coefficient (Wildman–Crippen LogP) is 5.20. The van der Waals surface area contributed by atoms with Crippen LogP contribution in [0.4, 0.5) is 0 Å². The fourth-order valence-electron chi connectivity index (χ4n) is 3.34. The lowest BCUT2D eigenvalue weighted by molar-refractivity contribution is -0.140. The van der Waals surface area contributed by atoms with E-state index >= 15 is 0 Å². The SMILES string of the molecule is COCCN(C)CCOP(C)Oc1c(CC(C)C)cc(CCC(=O)OC)cc1C(C)(C)C. The van der Waals surface area contributed by atoms with E-state index in [0.717, 1.165) is 36.4 Å². The Hall–Kier alpha value is -1.20. The molecule has 6 nitrogen and oxygen atoms in total. The van der Waals surface area contributed by atoms with Gasteiger partial charge in [0.2, 0.25) is 8.38 Å². The van der Waals surface area contributed by atoms with Gasteiger partial charge in [0, 0.05) is 38.8 Å². The summed E-state index contributed by atoms with van der Waals surface area (Å²) >= 11 is 0. The smallest absolute Gasteiger partial charge is 0.305 e. The lowest BCUT2D eigenvalue weighted by Gasteiger charge is -2.28. The van der Waals surface area contributed by atoms with E-state index in [1.165, 1.54) is 12.7 Å². The molecule has 0 aliphatic carbocycles. The fraction of sp³-hybridized carbons (Fsp3) is 0.720. The van der Waals surface area contributed by atoms with Gasteiger partial charge in [-0.15, -0.1) is 0 Å². The molecular weight excluding hydrogens is 425 g/mol. The van der Waals surface area contributed by atoms with Crippen LogP contribution in [0.25, 0.3) is 0 Å². The first kappa shape index (κ1) is 28.8. The first-order chi connectivity index (χ1) is 15.0. The summed E-state index contributed by atoms with van der Waals surface area (Å²) in [5.41, 5.74) is 3.39. The molecule has 1 aromatic rings. The number of nitrogens with zero attached hydrogens (tertiary/aromatic N) is 1. The molecule has 1 atom stereocenters. The van der Waals surface area contributed by atoms with Gasteiger partial charge in [-0.3, -0.25) is 4.79 Å². The van der Waals surface area contributed by atoms with Gasteiger partial charge in [0.15, 0.2) is 0 Å².